The highest BCUT2D eigenvalue weighted by Crippen LogP contribution is 2.27. The largest absolute Gasteiger partial charge is 0.497 e. The zero-order chi connectivity index (χ0) is 22.1. The predicted octanol–water partition coefficient (Wildman–Crippen LogP) is 5.76. The van der Waals surface area contributed by atoms with Crippen molar-refractivity contribution in [2.45, 2.75) is 6.82 Å². The molecule has 156 valence electrons. The molecule has 3 heteroatoms. The molecule has 0 aliphatic carbocycles. The van der Waals surface area contributed by atoms with Crippen LogP contribution < -0.4 is 20.4 Å². The summed E-state index contributed by atoms with van der Waals surface area (Å²) in [5.41, 5.74) is 10.1. The first-order valence-electron chi connectivity index (χ1n) is 10.9. The van der Waals surface area contributed by atoms with Crippen LogP contribution in [-0.2, 0) is 0 Å². The van der Waals surface area contributed by atoms with E-state index >= 15 is 0 Å². The Hall–Kier alpha value is -3.72. The molecule has 0 radical (unpaired) electrons. The maximum absolute atomic E-state index is 5.30. The van der Waals surface area contributed by atoms with E-state index in [2.05, 4.69) is 79.6 Å². The van der Waals surface area contributed by atoms with Crippen molar-refractivity contribution >= 4 is 29.8 Å². The van der Waals surface area contributed by atoms with Gasteiger partial charge in [-0.3, -0.25) is 0 Å². The summed E-state index contributed by atoms with van der Waals surface area (Å²) in [6.07, 6.45) is 4.50. The number of hydrogen-bond donors (Lipinski definition) is 0. The minimum atomic E-state index is 0.324. The number of hydrogen-bond acceptors (Lipinski definition) is 2. The van der Waals surface area contributed by atoms with Crippen molar-refractivity contribution in [3.63, 3.8) is 0 Å². The lowest BCUT2D eigenvalue weighted by atomic mass is 9.41. The standard InChI is InChI=1S/C29H25BO2/c1-30-28-16-10-22(20-6-12-26(31-2)13-7-20)18-24(28)4-5-25-19-23(11-17-29(25)30)21-8-14-27(32-3)15-9-21/h4-19H,1-3H3. The first kappa shape index (κ1) is 20.2. The van der Waals surface area contributed by atoms with Gasteiger partial charge in [-0.2, -0.15) is 0 Å². The minimum absolute atomic E-state index is 0.324. The van der Waals surface area contributed by atoms with Gasteiger partial charge in [-0.05, 0) is 69.8 Å². The van der Waals surface area contributed by atoms with Gasteiger partial charge in [-0.1, -0.05) is 78.4 Å². The Morgan fingerprint density at radius 1 is 0.500 bits per heavy atom. The molecule has 0 bridgehead atoms. The lowest BCUT2D eigenvalue weighted by Crippen LogP contribution is -2.41. The average Bonchev–Trinajstić information content (AvgIpc) is 3.00. The van der Waals surface area contributed by atoms with E-state index in [0.29, 0.717) is 6.71 Å². The quantitative estimate of drug-likeness (QED) is 0.394. The third-order valence-corrected chi connectivity index (χ3v) is 6.40. The summed E-state index contributed by atoms with van der Waals surface area (Å²) in [6.45, 7) is 2.62. The molecule has 1 aliphatic heterocycles. The number of rotatable bonds is 4. The van der Waals surface area contributed by atoms with Crippen molar-refractivity contribution in [3.8, 4) is 33.8 Å². The van der Waals surface area contributed by atoms with Crippen LogP contribution in [0.1, 0.15) is 11.1 Å². The molecule has 0 saturated carbocycles. The van der Waals surface area contributed by atoms with Gasteiger partial charge < -0.3 is 9.47 Å². The summed E-state index contributed by atoms with van der Waals surface area (Å²) in [6, 6.07) is 30.1. The van der Waals surface area contributed by atoms with Crippen LogP contribution in [0.3, 0.4) is 0 Å². The van der Waals surface area contributed by atoms with E-state index in [-0.39, 0.29) is 0 Å². The van der Waals surface area contributed by atoms with Crippen molar-refractivity contribution in [3.05, 3.63) is 96.1 Å². The fourth-order valence-electron chi connectivity index (χ4n) is 4.50. The Kier molecular flexibility index (Phi) is 5.32. The van der Waals surface area contributed by atoms with Gasteiger partial charge in [0.2, 0.25) is 6.71 Å². The zero-order valence-electron chi connectivity index (χ0n) is 18.6. The number of ether oxygens (including phenoxy) is 2. The molecule has 0 spiro atoms. The van der Waals surface area contributed by atoms with Gasteiger partial charge in [0.05, 0.1) is 14.2 Å². The normalized spacial score (nSPS) is 12.0. The smallest absolute Gasteiger partial charge is 0.207 e. The second-order valence-electron chi connectivity index (χ2n) is 8.20. The van der Waals surface area contributed by atoms with Crippen LogP contribution in [0.4, 0.5) is 0 Å². The van der Waals surface area contributed by atoms with Gasteiger partial charge >= 0.3 is 0 Å². The highest BCUT2D eigenvalue weighted by atomic mass is 16.5. The van der Waals surface area contributed by atoms with Crippen LogP contribution in [0, 0.1) is 0 Å². The summed E-state index contributed by atoms with van der Waals surface area (Å²) >= 11 is 0. The third kappa shape index (κ3) is 3.71. The van der Waals surface area contributed by atoms with Gasteiger partial charge in [0.25, 0.3) is 0 Å². The summed E-state index contributed by atoms with van der Waals surface area (Å²) in [4.78, 5) is 0. The van der Waals surface area contributed by atoms with Crippen LogP contribution in [0.15, 0.2) is 84.9 Å². The second-order valence-corrected chi connectivity index (χ2v) is 8.20. The molecule has 1 aliphatic rings. The molecule has 2 nitrogen and oxygen atoms in total. The average molecular weight is 416 g/mol. The predicted molar refractivity (Wildman–Crippen MR) is 137 cm³/mol. The van der Waals surface area contributed by atoms with Crippen LogP contribution in [0.2, 0.25) is 6.82 Å². The van der Waals surface area contributed by atoms with E-state index < -0.39 is 0 Å². The van der Waals surface area contributed by atoms with E-state index in [1.54, 1.807) is 14.2 Å². The molecule has 0 fully saturated rings. The molecule has 0 atom stereocenters. The van der Waals surface area contributed by atoms with Crippen molar-refractivity contribution in [2.24, 2.45) is 0 Å². The number of methoxy groups -OCH3 is 2. The fourth-order valence-corrected chi connectivity index (χ4v) is 4.50. The first-order chi connectivity index (χ1) is 15.7. The zero-order valence-corrected chi connectivity index (χ0v) is 18.6. The van der Waals surface area contributed by atoms with Crippen molar-refractivity contribution in [1.29, 1.82) is 0 Å². The first-order valence-corrected chi connectivity index (χ1v) is 10.9. The van der Waals surface area contributed by atoms with Gasteiger partial charge in [0, 0.05) is 0 Å². The van der Waals surface area contributed by atoms with Crippen molar-refractivity contribution < 1.29 is 9.47 Å². The minimum Gasteiger partial charge on any atom is -0.497 e. The lowest BCUT2D eigenvalue weighted by molar-refractivity contribution is 0.415. The van der Waals surface area contributed by atoms with E-state index in [1.165, 1.54) is 44.3 Å². The van der Waals surface area contributed by atoms with Gasteiger partial charge in [-0.25, -0.2) is 0 Å². The molecule has 32 heavy (non-hydrogen) atoms. The molecular weight excluding hydrogens is 391 g/mol. The Balaban J connectivity index is 1.51. The molecule has 4 aromatic rings. The maximum Gasteiger partial charge on any atom is 0.207 e. The Labute approximate surface area is 190 Å². The second kappa shape index (κ2) is 8.43. The molecule has 1 heterocycles. The molecular formula is C29H25BO2. The van der Waals surface area contributed by atoms with E-state index in [0.717, 1.165) is 11.5 Å². The Morgan fingerprint density at radius 3 is 1.25 bits per heavy atom. The highest BCUT2D eigenvalue weighted by Gasteiger charge is 2.21. The molecule has 0 aromatic heterocycles. The van der Waals surface area contributed by atoms with Crippen molar-refractivity contribution in [2.75, 3.05) is 14.2 Å². The molecule has 5 rings (SSSR count). The molecule has 0 amide bonds. The Bertz CT molecular complexity index is 1190. The molecule has 0 N–H and O–H groups in total. The fraction of sp³-hybridized carbons (Fsp3) is 0.103. The topological polar surface area (TPSA) is 18.5 Å². The van der Waals surface area contributed by atoms with E-state index in [4.69, 9.17) is 9.47 Å². The maximum atomic E-state index is 5.30. The van der Waals surface area contributed by atoms with E-state index in [9.17, 15) is 0 Å². The monoisotopic (exact) mass is 416 g/mol. The van der Waals surface area contributed by atoms with Crippen LogP contribution in [-0.4, -0.2) is 20.9 Å². The molecule has 0 unspecified atom stereocenters. The lowest BCUT2D eigenvalue weighted by Gasteiger charge is -2.15. The molecule has 4 aromatic carbocycles. The number of benzene rings is 4. The Morgan fingerprint density at radius 2 is 0.875 bits per heavy atom. The summed E-state index contributed by atoms with van der Waals surface area (Å²) in [5, 5.41) is 0. The van der Waals surface area contributed by atoms with Gasteiger partial charge in [0.1, 0.15) is 11.5 Å². The van der Waals surface area contributed by atoms with Crippen molar-refractivity contribution in [1.82, 2.24) is 0 Å². The highest BCUT2D eigenvalue weighted by molar-refractivity contribution is 6.85. The van der Waals surface area contributed by atoms with Crippen LogP contribution >= 0.6 is 0 Å². The van der Waals surface area contributed by atoms with E-state index in [1.807, 2.05) is 24.3 Å². The SMILES string of the molecule is COc1ccc(-c2ccc3c(c2)C=Cc2cc(-c4ccc(OC)cc4)ccc2B3C)cc1. The molecule has 0 saturated heterocycles. The summed E-state index contributed by atoms with van der Waals surface area (Å²) in [5.74, 6) is 1.75. The summed E-state index contributed by atoms with van der Waals surface area (Å²) < 4.78 is 10.6. The van der Waals surface area contributed by atoms with Gasteiger partial charge in [0.15, 0.2) is 0 Å². The summed E-state index contributed by atoms with van der Waals surface area (Å²) in [7, 11) is 3.39. The van der Waals surface area contributed by atoms with Gasteiger partial charge in [-0.15, -0.1) is 0 Å². The van der Waals surface area contributed by atoms with Crippen LogP contribution in [0.25, 0.3) is 34.4 Å². The third-order valence-electron chi connectivity index (χ3n) is 6.40. The number of fused-ring (bicyclic) bond motifs is 2. The van der Waals surface area contributed by atoms with Crippen LogP contribution in [0.5, 0.6) is 11.5 Å².